The summed E-state index contributed by atoms with van der Waals surface area (Å²) in [6.45, 7) is 5.29. The van der Waals surface area contributed by atoms with E-state index in [-0.39, 0.29) is 11.8 Å². The quantitative estimate of drug-likeness (QED) is 0.331. The number of amides is 2. The highest BCUT2D eigenvalue weighted by Gasteiger charge is 2.47. The molecule has 2 N–H and O–H groups in total. The summed E-state index contributed by atoms with van der Waals surface area (Å²) < 4.78 is 71.0. The lowest BCUT2D eigenvalue weighted by molar-refractivity contribution is -0.292. The molecule has 2 heterocycles. The maximum Gasteiger partial charge on any atom is 0.573 e. The number of anilines is 2. The molecule has 238 valence electrons. The van der Waals surface area contributed by atoms with Crippen LogP contribution in [0.4, 0.5) is 29.6 Å². The third kappa shape index (κ3) is 8.02. The Balaban J connectivity index is 1.47. The van der Waals surface area contributed by atoms with Gasteiger partial charge >= 0.3 is 12.5 Å². The minimum atomic E-state index is -4.84. The van der Waals surface area contributed by atoms with Gasteiger partial charge in [-0.3, -0.25) is 15.4 Å². The molecule has 1 aliphatic heterocycles. The van der Waals surface area contributed by atoms with Crippen molar-refractivity contribution in [3.05, 3.63) is 48.5 Å². The zero-order valence-corrected chi connectivity index (χ0v) is 24.5. The lowest BCUT2D eigenvalue weighted by Crippen LogP contribution is -2.60. The van der Waals surface area contributed by atoms with E-state index in [0.29, 0.717) is 23.5 Å². The number of benzene rings is 2. The topological polar surface area (TPSA) is 144 Å². The number of carbonyl (C=O) groups is 2. The van der Waals surface area contributed by atoms with Gasteiger partial charge in [0.15, 0.2) is 5.82 Å². The minimum absolute atomic E-state index is 0.0400. The predicted molar refractivity (Wildman–Crippen MR) is 149 cm³/mol. The molecule has 0 aliphatic carbocycles. The summed E-state index contributed by atoms with van der Waals surface area (Å²) in [5.74, 6) is -0.614. The summed E-state index contributed by atoms with van der Waals surface area (Å²) in [5.41, 5.74) is 1.22. The first-order valence-electron chi connectivity index (χ1n) is 13.4. The molecule has 0 radical (unpaired) electrons. The van der Waals surface area contributed by atoms with Gasteiger partial charge in [0.05, 0.1) is 11.8 Å². The fourth-order valence-electron chi connectivity index (χ4n) is 4.62. The Kier molecular flexibility index (Phi) is 10.4. The molecule has 4 rings (SSSR count). The number of nitrogens with one attached hydrogen (secondary N) is 2. The monoisotopic (exact) mass is 623 g/mol. The van der Waals surface area contributed by atoms with Gasteiger partial charge in [-0.15, -0.1) is 18.3 Å². The Labute approximate surface area is 250 Å². The van der Waals surface area contributed by atoms with Crippen LogP contribution in [-0.2, 0) is 28.5 Å². The van der Waals surface area contributed by atoms with E-state index in [0.717, 1.165) is 12.1 Å². The third-order valence-corrected chi connectivity index (χ3v) is 6.45. The van der Waals surface area contributed by atoms with E-state index in [1.54, 1.807) is 31.2 Å². The molecular formula is C28H32F3N5O8. The van der Waals surface area contributed by atoms with E-state index in [4.69, 9.17) is 23.7 Å². The van der Waals surface area contributed by atoms with Gasteiger partial charge in [0.25, 0.3) is 0 Å². The van der Waals surface area contributed by atoms with Crippen molar-refractivity contribution in [2.75, 3.05) is 31.5 Å². The van der Waals surface area contributed by atoms with Crippen LogP contribution in [0, 0.1) is 0 Å². The molecule has 16 heteroatoms. The average Bonchev–Trinajstić information content (AvgIpc) is 3.36. The molecule has 1 aliphatic rings. The Hall–Kier alpha value is -4.25. The molecule has 0 saturated carbocycles. The molecule has 13 nitrogen and oxygen atoms in total. The Morgan fingerprint density at radius 1 is 0.977 bits per heavy atom. The second-order valence-electron chi connectivity index (χ2n) is 9.53. The normalized spacial score (nSPS) is 21.9. The zero-order chi connectivity index (χ0) is 32.0. The fraction of sp³-hybridized carbons (Fsp3) is 0.429. The number of halogens is 3. The third-order valence-electron chi connectivity index (χ3n) is 6.45. The zero-order valence-electron chi connectivity index (χ0n) is 24.5. The van der Waals surface area contributed by atoms with Crippen molar-refractivity contribution in [2.24, 2.45) is 0 Å². The summed E-state index contributed by atoms with van der Waals surface area (Å²) in [5, 5.41) is 9.57. The highest BCUT2D eigenvalue weighted by Crippen LogP contribution is 2.29. The molecular weight excluding hydrogens is 591 g/mol. The van der Waals surface area contributed by atoms with Crippen LogP contribution < -0.4 is 15.4 Å². The molecule has 5 atom stereocenters. The first-order valence-corrected chi connectivity index (χ1v) is 13.4. The van der Waals surface area contributed by atoms with E-state index in [1.807, 2.05) is 6.92 Å². The molecule has 1 saturated heterocycles. The van der Waals surface area contributed by atoms with Crippen molar-refractivity contribution >= 4 is 23.6 Å². The van der Waals surface area contributed by atoms with E-state index in [2.05, 4.69) is 25.5 Å². The lowest BCUT2D eigenvalue weighted by Gasteiger charge is -2.43. The number of alkyl halides is 3. The number of nitrogens with zero attached hydrogens (tertiary/aromatic N) is 3. The second kappa shape index (κ2) is 14.0. The van der Waals surface area contributed by atoms with Crippen molar-refractivity contribution in [1.82, 2.24) is 14.8 Å². The number of rotatable bonds is 10. The van der Waals surface area contributed by atoms with Crippen LogP contribution in [-0.4, -0.2) is 84.7 Å². The predicted octanol–water partition coefficient (Wildman–Crippen LogP) is 4.52. The molecule has 5 unspecified atom stereocenters. The molecule has 0 bridgehead atoms. The molecule has 1 fully saturated rings. The SMILES string of the molecule is CCOC1C(OC)C(C)OC(OC(=O)Nc2ccc(-c3nc(NC(C)=O)n(-c4ccc(OC(F)(F)F)cc4)n3)cc2)C1OC. The van der Waals surface area contributed by atoms with Gasteiger partial charge in [-0.25, -0.2) is 4.79 Å². The van der Waals surface area contributed by atoms with Gasteiger partial charge < -0.3 is 28.4 Å². The summed E-state index contributed by atoms with van der Waals surface area (Å²) in [6.07, 6.45) is -8.84. The molecule has 2 aromatic carbocycles. The fourth-order valence-corrected chi connectivity index (χ4v) is 4.62. The van der Waals surface area contributed by atoms with Crippen molar-refractivity contribution in [3.63, 3.8) is 0 Å². The number of aromatic nitrogens is 3. The summed E-state index contributed by atoms with van der Waals surface area (Å²) >= 11 is 0. The summed E-state index contributed by atoms with van der Waals surface area (Å²) in [4.78, 5) is 28.9. The first kappa shape index (κ1) is 32.7. The number of ether oxygens (including phenoxy) is 6. The van der Waals surface area contributed by atoms with Gasteiger partial charge in [0.1, 0.15) is 24.1 Å². The van der Waals surface area contributed by atoms with Crippen molar-refractivity contribution in [3.8, 4) is 22.8 Å². The van der Waals surface area contributed by atoms with Crippen LogP contribution >= 0.6 is 0 Å². The molecule has 44 heavy (non-hydrogen) atoms. The van der Waals surface area contributed by atoms with Gasteiger partial charge in [0, 0.05) is 39.0 Å². The average molecular weight is 624 g/mol. The van der Waals surface area contributed by atoms with Crippen molar-refractivity contribution < 1.29 is 51.2 Å². The smallest absolute Gasteiger partial charge is 0.416 e. The number of hydrogen-bond donors (Lipinski definition) is 2. The van der Waals surface area contributed by atoms with Crippen LogP contribution in [0.15, 0.2) is 48.5 Å². The molecule has 0 spiro atoms. The lowest BCUT2D eigenvalue weighted by atomic mass is 9.99. The van der Waals surface area contributed by atoms with Gasteiger partial charge in [0.2, 0.25) is 18.1 Å². The van der Waals surface area contributed by atoms with Crippen LogP contribution in [0.5, 0.6) is 5.75 Å². The Morgan fingerprint density at radius 3 is 2.20 bits per heavy atom. The van der Waals surface area contributed by atoms with Gasteiger partial charge in [-0.2, -0.15) is 9.67 Å². The molecule has 2 amide bonds. The Bertz CT molecular complexity index is 1420. The minimum Gasteiger partial charge on any atom is -0.416 e. The maximum absolute atomic E-state index is 12.7. The van der Waals surface area contributed by atoms with Crippen LogP contribution in [0.2, 0.25) is 0 Å². The number of methoxy groups -OCH3 is 2. The van der Waals surface area contributed by atoms with Crippen molar-refractivity contribution in [2.45, 2.75) is 57.8 Å². The largest absolute Gasteiger partial charge is 0.573 e. The van der Waals surface area contributed by atoms with E-state index in [9.17, 15) is 22.8 Å². The second-order valence-corrected chi connectivity index (χ2v) is 9.53. The van der Waals surface area contributed by atoms with E-state index >= 15 is 0 Å². The van der Waals surface area contributed by atoms with Crippen LogP contribution in [0.3, 0.4) is 0 Å². The highest BCUT2D eigenvalue weighted by molar-refractivity contribution is 5.87. The van der Waals surface area contributed by atoms with Gasteiger partial charge in [-0.05, 0) is 62.4 Å². The number of hydrogen-bond acceptors (Lipinski definition) is 10. The van der Waals surface area contributed by atoms with Crippen LogP contribution in [0.1, 0.15) is 20.8 Å². The maximum atomic E-state index is 12.7. The Morgan fingerprint density at radius 2 is 1.64 bits per heavy atom. The van der Waals surface area contributed by atoms with E-state index < -0.39 is 54.8 Å². The van der Waals surface area contributed by atoms with Gasteiger partial charge in [-0.1, -0.05) is 0 Å². The van der Waals surface area contributed by atoms with E-state index in [1.165, 1.54) is 38.0 Å². The first-order chi connectivity index (χ1) is 20.9. The number of carbonyl (C=O) groups excluding carboxylic acids is 2. The summed E-state index contributed by atoms with van der Waals surface area (Å²) in [7, 11) is 3.00. The highest BCUT2D eigenvalue weighted by atomic mass is 19.4. The summed E-state index contributed by atoms with van der Waals surface area (Å²) in [6, 6.07) is 11.3. The molecule has 1 aromatic heterocycles. The van der Waals surface area contributed by atoms with Crippen LogP contribution in [0.25, 0.3) is 17.1 Å². The van der Waals surface area contributed by atoms with Crippen molar-refractivity contribution in [1.29, 1.82) is 0 Å². The molecule has 3 aromatic rings. The standard InChI is InChI=1S/C28H32F3N5O8/c1-6-41-22-21(39-4)15(2)42-25(23(22)40-5)43-27(38)33-18-9-7-17(8-10-18)24-34-26(32-16(3)37)36(35-24)19-11-13-20(14-12-19)44-28(29,30)31/h7-15,21-23,25H,6H2,1-5H3,(H,33,38)(H,32,34,35,37).